The summed E-state index contributed by atoms with van der Waals surface area (Å²) in [5, 5.41) is 9.95. The minimum Gasteiger partial charge on any atom is -0.394 e. The number of pyridine rings is 1. The maximum Gasteiger partial charge on any atom is 0.242 e. The second-order valence-electron chi connectivity index (χ2n) is 8.62. The van der Waals surface area contributed by atoms with Crippen LogP contribution in [0.1, 0.15) is 35.4 Å². The highest BCUT2D eigenvalue weighted by Gasteiger charge is 2.54. The van der Waals surface area contributed by atoms with Crippen molar-refractivity contribution in [2.45, 2.75) is 37.3 Å². The Hall–Kier alpha value is -3.17. The molecule has 0 unspecified atom stereocenters. The molecule has 2 aromatic rings. The van der Waals surface area contributed by atoms with Crippen LogP contribution in [0.15, 0.2) is 48.8 Å². The van der Waals surface area contributed by atoms with Gasteiger partial charge in [0.15, 0.2) is 0 Å². The first-order chi connectivity index (χ1) is 15.1. The van der Waals surface area contributed by atoms with Gasteiger partial charge in [-0.1, -0.05) is 30.0 Å². The number of hydrogen-bond donors (Lipinski definition) is 1. The molecule has 3 fully saturated rings. The minimum atomic E-state index is -0.239. The van der Waals surface area contributed by atoms with Gasteiger partial charge in [-0.25, -0.2) is 0 Å². The van der Waals surface area contributed by atoms with Gasteiger partial charge in [-0.3, -0.25) is 14.6 Å². The number of rotatable bonds is 4. The molecule has 1 saturated carbocycles. The summed E-state index contributed by atoms with van der Waals surface area (Å²) >= 11 is 0. The smallest absolute Gasteiger partial charge is 0.242 e. The molecule has 6 heteroatoms. The van der Waals surface area contributed by atoms with Gasteiger partial charge in [0, 0.05) is 36.3 Å². The summed E-state index contributed by atoms with van der Waals surface area (Å²) in [5.41, 5.74) is 2.90. The van der Waals surface area contributed by atoms with Gasteiger partial charge in [0.05, 0.1) is 31.7 Å². The Morgan fingerprint density at radius 3 is 2.68 bits per heavy atom. The van der Waals surface area contributed by atoms with E-state index in [1.54, 1.807) is 28.3 Å². The summed E-state index contributed by atoms with van der Waals surface area (Å²) < 4.78 is 0. The number of nitrogens with zero attached hydrogens (tertiary/aromatic N) is 3. The van der Waals surface area contributed by atoms with E-state index in [1.165, 1.54) is 12.8 Å². The van der Waals surface area contributed by atoms with Gasteiger partial charge < -0.3 is 14.9 Å². The minimum absolute atomic E-state index is 0.00776. The molecule has 1 N–H and O–H groups in total. The number of aliphatic hydroxyl groups is 1. The van der Waals surface area contributed by atoms with Gasteiger partial charge in [-0.15, -0.1) is 0 Å². The molecule has 3 atom stereocenters. The van der Waals surface area contributed by atoms with Crippen LogP contribution in [0.5, 0.6) is 0 Å². The van der Waals surface area contributed by atoms with Gasteiger partial charge in [0.1, 0.15) is 0 Å². The van der Waals surface area contributed by atoms with Gasteiger partial charge in [0.2, 0.25) is 11.8 Å². The van der Waals surface area contributed by atoms with Crippen molar-refractivity contribution >= 4 is 11.8 Å². The third-order valence-electron chi connectivity index (χ3n) is 6.48. The summed E-state index contributed by atoms with van der Waals surface area (Å²) in [5.74, 6) is 6.88. The summed E-state index contributed by atoms with van der Waals surface area (Å²) in [7, 11) is 0. The summed E-state index contributed by atoms with van der Waals surface area (Å²) in [6.07, 6.45) is 5.99. The zero-order valence-electron chi connectivity index (χ0n) is 17.3. The van der Waals surface area contributed by atoms with E-state index < -0.39 is 0 Å². The van der Waals surface area contributed by atoms with E-state index in [0.29, 0.717) is 12.5 Å². The third kappa shape index (κ3) is 3.94. The molecule has 5 rings (SSSR count). The third-order valence-corrected chi connectivity index (χ3v) is 6.48. The molecule has 0 radical (unpaired) electrons. The predicted molar refractivity (Wildman–Crippen MR) is 115 cm³/mol. The molecule has 1 aliphatic carbocycles. The van der Waals surface area contributed by atoms with E-state index in [4.69, 9.17) is 0 Å². The lowest BCUT2D eigenvalue weighted by Crippen LogP contribution is -2.73. The molecule has 158 valence electrons. The second kappa shape index (κ2) is 8.16. The van der Waals surface area contributed by atoms with Crippen LogP contribution >= 0.6 is 0 Å². The van der Waals surface area contributed by atoms with E-state index in [1.807, 2.05) is 30.3 Å². The lowest BCUT2D eigenvalue weighted by Gasteiger charge is -2.58. The van der Waals surface area contributed by atoms with Crippen molar-refractivity contribution in [2.24, 2.45) is 5.92 Å². The SMILES string of the molecule is O=C(Cc1cccnc1)N1CC(=O)N2[C@H](CO)[C@@H](c3ccc(C#CC4CC4)cc3)[C@@H]2C1. The van der Waals surface area contributed by atoms with Gasteiger partial charge in [0.25, 0.3) is 0 Å². The average Bonchev–Trinajstić information content (AvgIpc) is 3.60. The molecular formula is C25H25N3O3. The first-order valence-electron chi connectivity index (χ1n) is 10.8. The Labute approximate surface area is 181 Å². The van der Waals surface area contributed by atoms with Crippen LogP contribution < -0.4 is 0 Å². The molecule has 31 heavy (non-hydrogen) atoms. The Kier molecular flexibility index (Phi) is 5.21. The topological polar surface area (TPSA) is 73.7 Å². The van der Waals surface area contributed by atoms with E-state index in [-0.39, 0.29) is 49.4 Å². The van der Waals surface area contributed by atoms with E-state index in [0.717, 1.165) is 16.7 Å². The molecular weight excluding hydrogens is 390 g/mol. The van der Waals surface area contributed by atoms with Crippen molar-refractivity contribution in [1.82, 2.24) is 14.8 Å². The zero-order chi connectivity index (χ0) is 21.4. The van der Waals surface area contributed by atoms with E-state index in [2.05, 4.69) is 16.8 Å². The lowest BCUT2D eigenvalue weighted by atomic mass is 9.73. The number of piperazine rings is 1. The van der Waals surface area contributed by atoms with Crippen molar-refractivity contribution in [3.8, 4) is 11.8 Å². The highest BCUT2D eigenvalue weighted by atomic mass is 16.3. The number of aliphatic hydroxyl groups excluding tert-OH is 1. The number of carbonyl (C=O) groups excluding carboxylic acids is 2. The Bertz CT molecular complexity index is 1040. The second-order valence-corrected chi connectivity index (χ2v) is 8.62. The summed E-state index contributed by atoms with van der Waals surface area (Å²) in [6.45, 7) is 0.462. The monoisotopic (exact) mass is 415 g/mol. The highest BCUT2D eigenvalue weighted by molar-refractivity contribution is 5.88. The number of hydrogen-bond acceptors (Lipinski definition) is 4. The van der Waals surface area contributed by atoms with Crippen LogP contribution in [0.4, 0.5) is 0 Å². The number of fused-ring (bicyclic) bond motifs is 1. The Balaban J connectivity index is 1.31. The fourth-order valence-electron chi connectivity index (χ4n) is 4.68. The first kappa shape index (κ1) is 19.8. The number of amides is 2. The largest absolute Gasteiger partial charge is 0.394 e. The number of aromatic nitrogens is 1. The van der Waals surface area contributed by atoms with Crippen LogP contribution in [-0.4, -0.2) is 63.5 Å². The van der Waals surface area contributed by atoms with Crippen LogP contribution in [-0.2, 0) is 16.0 Å². The van der Waals surface area contributed by atoms with E-state index >= 15 is 0 Å². The maximum atomic E-state index is 12.8. The normalized spacial score (nSPS) is 24.7. The van der Waals surface area contributed by atoms with E-state index in [9.17, 15) is 14.7 Å². The predicted octanol–water partition coefficient (Wildman–Crippen LogP) is 1.58. The lowest BCUT2D eigenvalue weighted by molar-refractivity contribution is -0.166. The quantitative estimate of drug-likeness (QED) is 0.770. The molecule has 2 saturated heterocycles. The van der Waals surface area contributed by atoms with Crippen molar-refractivity contribution in [3.05, 3.63) is 65.5 Å². The van der Waals surface area contributed by atoms with Crippen molar-refractivity contribution in [3.63, 3.8) is 0 Å². The Morgan fingerprint density at radius 2 is 2.00 bits per heavy atom. The summed E-state index contributed by atoms with van der Waals surface area (Å²) in [4.78, 5) is 33.1. The summed E-state index contributed by atoms with van der Waals surface area (Å²) in [6, 6.07) is 11.4. The van der Waals surface area contributed by atoms with Gasteiger partial charge in [-0.2, -0.15) is 0 Å². The maximum absolute atomic E-state index is 12.8. The Morgan fingerprint density at radius 1 is 1.19 bits per heavy atom. The molecule has 1 aromatic carbocycles. The van der Waals surface area contributed by atoms with Crippen LogP contribution in [0.25, 0.3) is 0 Å². The fraction of sp³-hybridized carbons (Fsp3) is 0.400. The fourth-order valence-corrected chi connectivity index (χ4v) is 4.68. The van der Waals surface area contributed by atoms with Crippen LogP contribution in [0.3, 0.4) is 0 Å². The standard InChI is InChI=1S/C25H25N3O3/c29-16-22-25(20-9-7-18(8-10-20)6-5-17-3-4-17)21-14-27(15-24(31)28(21)22)23(30)12-19-2-1-11-26-13-19/h1-2,7-11,13,17,21-22,25,29H,3-4,12,14-16H2/t21-,22+,25-/m0/s1. The zero-order valence-corrected chi connectivity index (χ0v) is 17.3. The number of carbonyl (C=O) groups is 2. The molecule has 2 amide bonds. The van der Waals surface area contributed by atoms with Gasteiger partial charge >= 0.3 is 0 Å². The molecule has 0 spiro atoms. The van der Waals surface area contributed by atoms with Crippen LogP contribution in [0, 0.1) is 17.8 Å². The van der Waals surface area contributed by atoms with Gasteiger partial charge in [-0.05, 0) is 42.2 Å². The molecule has 3 heterocycles. The number of benzene rings is 1. The van der Waals surface area contributed by atoms with Crippen molar-refractivity contribution in [1.29, 1.82) is 0 Å². The van der Waals surface area contributed by atoms with Crippen molar-refractivity contribution < 1.29 is 14.7 Å². The molecule has 2 aliphatic heterocycles. The highest BCUT2D eigenvalue weighted by Crippen LogP contribution is 2.43. The molecule has 6 nitrogen and oxygen atoms in total. The molecule has 3 aliphatic rings. The molecule has 1 aromatic heterocycles. The average molecular weight is 415 g/mol. The first-order valence-corrected chi connectivity index (χ1v) is 10.8. The van der Waals surface area contributed by atoms with Crippen LogP contribution in [0.2, 0.25) is 0 Å². The molecule has 0 bridgehead atoms. The van der Waals surface area contributed by atoms with Crippen molar-refractivity contribution in [2.75, 3.05) is 19.7 Å².